The fourth-order valence-electron chi connectivity index (χ4n) is 1.16. The number of amides is 1. The van der Waals surface area contributed by atoms with Crippen LogP contribution in [0.2, 0.25) is 0 Å². The molecule has 16 heavy (non-hydrogen) atoms. The molecule has 0 radical (unpaired) electrons. The zero-order chi connectivity index (χ0) is 12.1. The van der Waals surface area contributed by atoms with Gasteiger partial charge in [-0.3, -0.25) is 14.6 Å². The standard InChI is InChI=1S/C9H13N3O4/c1-5(4-13)10-7(14)2-6-3-8(15)12-9(16)11-6/h3,5,13H,2,4H2,1H3,(H,10,14)(H2,11,12,15,16)/t5-/m1/s1. The summed E-state index contributed by atoms with van der Waals surface area (Å²) in [7, 11) is 0. The van der Waals surface area contributed by atoms with Crippen LogP contribution in [0.15, 0.2) is 15.7 Å². The van der Waals surface area contributed by atoms with Crippen LogP contribution < -0.4 is 16.6 Å². The van der Waals surface area contributed by atoms with Crippen molar-refractivity contribution >= 4 is 5.91 Å². The Morgan fingerprint density at radius 2 is 2.19 bits per heavy atom. The van der Waals surface area contributed by atoms with E-state index in [2.05, 4.69) is 10.3 Å². The van der Waals surface area contributed by atoms with Gasteiger partial charge in [-0.25, -0.2) is 4.79 Å². The highest BCUT2D eigenvalue weighted by Gasteiger charge is 2.08. The minimum absolute atomic E-state index is 0.108. The maximum absolute atomic E-state index is 11.3. The lowest BCUT2D eigenvalue weighted by atomic mass is 10.2. The highest BCUT2D eigenvalue weighted by Crippen LogP contribution is 1.89. The van der Waals surface area contributed by atoms with Crippen molar-refractivity contribution in [3.05, 3.63) is 32.6 Å². The molecule has 0 bridgehead atoms. The quantitative estimate of drug-likeness (QED) is 0.481. The first kappa shape index (κ1) is 12.2. The molecule has 0 aliphatic heterocycles. The predicted octanol–water partition coefficient (Wildman–Crippen LogP) is -1.90. The number of hydrogen-bond donors (Lipinski definition) is 4. The van der Waals surface area contributed by atoms with Gasteiger partial charge in [-0.05, 0) is 6.92 Å². The van der Waals surface area contributed by atoms with Gasteiger partial charge >= 0.3 is 5.69 Å². The zero-order valence-corrected chi connectivity index (χ0v) is 8.74. The number of H-pyrrole nitrogens is 2. The SMILES string of the molecule is C[C@H](CO)NC(=O)Cc1cc(=O)[nH]c(=O)[nH]1. The van der Waals surface area contributed by atoms with E-state index in [0.717, 1.165) is 6.07 Å². The van der Waals surface area contributed by atoms with Crippen molar-refractivity contribution in [2.45, 2.75) is 19.4 Å². The molecular formula is C9H13N3O4. The topological polar surface area (TPSA) is 115 Å². The Bertz CT molecular complexity index is 448. The lowest BCUT2D eigenvalue weighted by Crippen LogP contribution is -2.36. The van der Waals surface area contributed by atoms with Crippen LogP contribution in [0, 0.1) is 0 Å². The summed E-state index contributed by atoms with van der Waals surface area (Å²) in [6, 6.07) is 0.783. The summed E-state index contributed by atoms with van der Waals surface area (Å²) < 4.78 is 0. The van der Waals surface area contributed by atoms with Crippen LogP contribution >= 0.6 is 0 Å². The minimum atomic E-state index is -0.648. The number of rotatable bonds is 4. The molecule has 1 aromatic heterocycles. The molecule has 4 N–H and O–H groups in total. The fraction of sp³-hybridized carbons (Fsp3) is 0.444. The molecule has 1 atom stereocenters. The van der Waals surface area contributed by atoms with Gasteiger partial charge in [-0.2, -0.15) is 0 Å². The summed E-state index contributed by atoms with van der Waals surface area (Å²) in [5.41, 5.74) is -0.969. The number of aromatic amines is 2. The summed E-state index contributed by atoms with van der Waals surface area (Å²) >= 11 is 0. The monoisotopic (exact) mass is 227 g/mol. The maximum atomic E-state index is 11.3. The van der Waals surface area contributed by atoms with Crippen LogP contribution in [0.3, 0.4) is 0 Å². The molecule has 7 nitrogen and oxygen atoms in total. The molecule has 7 heteroatoms. The summed E-state index contributed by atoms with van der Waals surface area (Å²) in [5.74, 6) is -0.372. The first-order valence-corrected chi connectivity index (χ1v) is 4.74. The molecule has 1 rings (SSSR count). The van der Waals surface area contributed by atoms with Crippen molar-refractivity contribution in [2.75, 3.05) is 6.61 Å². The van der Waals surface area contributed by atoms with E-state index in [4.69, 9.17) is 5.11 Å². The molecule has 1 heterocycles. The van der Waals surface area contributed by atoms with Crippen LogP contribution in [-0.2, 0) is 11.2 Å². The molecule has 0 aromatic carbocycles. The van der Waals surface area contributed by atoms with Crippen molar-refractivity contribution in [2.24, 2.45) is 0 Å². The molecule has 1 amide bonds. The lowest BCUT2D eigenvalue weighted by Gasteiger charge is -2.10. The molecule has 0 saturated carbocycles. The number of aromatic nitrogens is 2. The van der Waals surface area contributed by atoms with Gasteiger partial charge in [0.15, 0.2) is 0 Å². The van der Waals surface area contributed by atoms with E-state index in [1.807, 2.05) is 4.98 Å². The van der Waals surface area contributed by atoms with Crippen LogP contribution in [0.4, 0.5) is 0 Å². The van der Waals surface area contributed by atoms with Crippen molar-refractivity contribution in [1.82, 2.24) is 15.3 Å². The number of nitrogens with one attached hydrogen (secondary N) is 3. The molecular weight excluding hydrogens is 214 g/mol. The second kappa shape index (κ2) is 5.26. The van der Waals surface area contributed by atoms with Crippen LogP contribution in [0.1, 0.15) is 12.6 Å². The largest absolute Gasteiger partial charge is 0.394 e. The van der Waals surface area contributed by atoms with Gasteiger partial charge in [0.1, 0.15) is 0 Å². The Morgan fingerprint density at radius 3 is 2.75 bits per heavy atom. The second-order valence-corrected chi connectivity index (χ2v) is 3.44. The zero-order valence-electron chi connectivity index (χ0n) is 8.74. The molecule has 0 saturated heterocycles. The van der Waals surface area contributed by atoms with E-state index in [9.17, 15) is 14.4 Å². The third kappa shape index (κ3) is 3.70. The van der Waals surface area contributed by atoms with Gasteiger partial charge in [-0.1, -0.05) is 0 Å². The van der Waals surface area contributed by atoms with E-state index in [0.29, 0.717) is 0 Å². The van der Waals surface area contributed by atoms with Crippen molar-refractivity contribution < 1.29 is 9.90 Å². The van der Waals surface area contributed by atoms with Crippen molar-refractivity contribution in [1.29, 1.82) is 0 Å². The Hall–Kier alpha value is -1.89. The van der Waals surface area contributed by atoms with E-state index >= 15 is 0 Å². The summed E-state index contributed by atoms with van der Waals surface area (Å²) in [4.78, 5) is 37.5. The third-order valence-corrected chi connectivity index (χ3v) is 1.85. The van der Waals surface area contributed by atoms with Gasteiger partial charge in [0, 0.05) is 17.8 Å². The third-order valence-electron chi connectivity index (χ3n) is 1.85. The van der Waals surface area contributed by atoms with Gasteiger partial charge in [0.05, 0.1) is 13.0 Å². The molecule has 0 unspecified atom stereocenters. The van der Waals surface area contributed by atoms with Crippen LogP contribution in [0.25, 0.3) is 0 Å². The van der Waals surface area contributed by atoms with Crippen molar-refractivity contribution in [3.63, 3.8) is 0 Å². The minimum Gasteiger partial charge on any atom is -0.394 e. The Kier molecular flexibility index (Phi) is 4.01. The number of carbonyl (C=O) groups is 1. The van der Waals surface area contributed by atoms with E-state index in [-0.39, 0.29) is 30.7 Å². The van der Waals surface area contributed by atoms with Crippen LogP contribution in [-0.4, -0.2) is 33.6 Å². The number of hydrogen-bond acceptors (Lipinski definition) is 4. The lowest BCUT2D eigenvalue weighted by molar-refractivity contribution is -0.121. The highest BCUT2D eigenvalue weighted by molar-refractivity contribution is 5.78. The average Bonchev–Trinajstić information content (AvgIpc) is 2.15. The van der Waals surface area contributed by atoms with Gasteiger partial charge in [-0.15, -0.1) is 0 Å². The Labute approximate surface area is 90.5 Å². The Balaban J connectivity index is 2.70. The van der Waals surface area contributed by atoms with Gasteiger partial charge < -0.3 is 15.4 Å². The predicted molar refractivity (Wildman–Crippen MR) is 56.1 cm³/mol. The highest BCUT2D eigenvalue weighted by atomic mass is 16.3. The summed E-state index contributed by atoms with van der Waals surface area (Å²) in [6.07, 6.45) is -0.108. The van der Waals surface area contributed by atoms with E-state index in [1.54, 1.807) is 6.92 Å². The molecule has 0 fully saturated rings. The number of carbonyl (C=O) groups excluding carboxylic acids is 1. The maximum Gasteiger partial charge on any atom is 0.325 e. The van der Waals surface area contributed by atoms with Crippen molar-refractivity contribution in [3.8, 4) is 0 Å². The number of aliphatic hydroxyl groups is 1. The Morgan fingerprint density at radius 1 is 1.50 bits per heavy atom. The molecule has 0 aliphatic rings. The molecule has 0 spiro atoms. The molecule has 0 aliphatic carbocycles. The molecule has 1 aromatic rings. The first-order valence-electron chi connectivity index (χ1n) is 4.74. The smallest absolute Gasteiger partial charge is 0.325 e. The van der Waals surface area contributed by atoms with E-state index < -0.39 is 11.2 Å². The summed E-state index contributed by atoms with van der Waals surface area (Å²) in [6.45, 7) is 1.47. The first-order chi connectivity index (χ1) is 7.51. The fourth-order valence-corrected chi connectivity index (χ4v) is 1.16. The van der Waals surface area contributed by atoms with E-state index in [1.165, 1.54) is 0 Å². The summed E-state index contributed by atoms with van der Waals surface area (Å²) in [5, 5.41) is 11.2. The molecule has 88 valence electrons. The van der Waals surface area contributed by atoms with Crippen LogP contribution in [0.5, 0.6) is 0 Å². The number of aliphatic hydroxyl groups excluding tert-OH is 1. The normalized spacial score (nSPS) is 12.1. The average molecular weight is 227 g/mol. The van der Waals surface area contributed by atoms with Gasteiger partial charge in [0.25, 0.3) is 5.56 Å². The van der Waals surface area contributed by atoms with Gasteiger partial charge in [0.2, 0.25) is 5.91 Å². The second-order valence-electron chi connectivity index (χ2n) is 3.44.